The Hall–Kier alpha value is -2.14. The number of aryl methyl sites for hydroxylation is 1. The second kappa shape index (κ2) is 4.76. The number of aromatic nitrogens is 2. The van der Waals surface area contributed by atoms with E-state index < -0.39 is 5.97 Å². The average Bonchev–Trinajstić information content (AvgIpc) is 2.78. The smallest absolute Gasteiger partial charge is 0.356 e. The molecule has 0 saturated carbocycles. The van der Waals surface area contributed by atoms with Crippen molar-refractivity contribution in [3.63, 3.8) is 0 Å². The Morgan fingerprint density at radius 3 is 2.90 bits per heavy atom. The maximum absolute atomic E-state index is 11.4. The second-order valence-corrected chi connectivity index (χ2v) is 5.26. The molecule has 0 aliphatic carbocycles. The van der Waals surface area contributed by atoms with Crippen LogP contribution in [0.15, 0.2) is 24.3 Å². The Kier molecular flexibility index (Phi) is 3.06. The molecule has 1 aliphatic heterocycles. The van der Waals surface area contributed by atoms with Crippen LogP contribution in [0.1, 0.15) is 28.2 Å². The Morgan fingerprint density at radius 2 is 2.20 bits per heavy atom. The number of nitrogens with zero attached hydrogens (tertiary/aromatic N) is 2. The maximum atomic E-state index is 11.4. The predicted octanol–water partition coefficient (Wildman–Crippen LogP) is 1.83. The van der Waals surface area contributed by atoms with Crippen LogP contribution in [0.25, 0.3) is 11.4 Å². The van der Waals surface area contributed by atoms with Gasteiger partial charge in [0.2, 0.25) is 0 Å². The first-order valence-corrected chi connectivity index (χ1v) is 6.72. The zero-order valence-corrected chi connectivity index (χ0v) is 11.3. The number of hydrogen-bond acceptors (Lipinski definition) is 3. The summed E-state index contributed by atoms with van der Waals surface area (Å²) >= 11 is 0. The third-order valence-electron chi connectivity index (χ3n) is 3.83. The molecule has 1 unspecified atom stereocenters. The molecule has 104 valence electrons. The van der Waals surface area contributed by atoms with Gasteiger partial charge in [-0.15, -0.1) is 0 Å². The molecule has 3 N–H and O–H groups in total. The summed E-state index contributed by atoms with van der Waals surface area (Å²) in [7, 11) is 0. The lowest BCUT2D eigenvalue weighted by Crippen LogP contribution is -2.32. The van der Waals surface area contributed by atoms with Crippen molar-refractivity contribution in [2.45, 2.75) is 32.4 Å². The third kappa shape index (κ3) is 2.00. The number of carbonyl (C=O) groups is 1. The van der Waals surface area contributed by atoms with Gasteiger partial charge in [0.15, 0.2) is 5.69 Å². The van der Waals surface area contributed by atoms with Crippen LogP contribution >= 0.6 is 0 Å². The van der Waals surface area contributed by atoms with Gasteiger partial charge in [-0.1, -0.05) is 24.3 Å². The first-order chi connectivity index (χ1) is 9.58. The van der Waals surface area contributed by atoms with Gasteiger partial charge in [-0.2, -0.15) is 0 Å². The lowest BCUT2D eigenvalue weighted by atomic mass is 10.0. The van der Waals surface area contributed by atoms with E-state index in [1.807, 2.05) is 35.8 Å². The summed E-state index contributed by atoms with van der Waals surface area (Å²) in [6.45, 7) is 2.62. The number of aromatic carboxylic acids is 1. The van der Waals surface area contributed by atoms with Gasteiger partial charge < -0.3 is 15.4 Å². The van der Waals surface area contributed by atoms with E-state index in [-0.39, 0.29) is 11.7 Å². The zero-order valence-electron chi connectivity index (χ0n) is 11.3. The highest BCUT2D eigenvalue weighted by molar-refractivity contribution is 5.88. The van der Waals surface area contributed by atoms with Crippen molar-refractivity contribution in [1.29, 1.82) is 0 Å². The van der Waals surface area contributed by atoms with Gasteiger partial charge in [-0.05, 0) is 25.3 Å². The van der Waals surface area contributed by atoms with E-state index in [0.29, 0.717) is 18.8 Å². The monoisotopic (exact) mass is 271 g/mol. The molecule has 0 saturated heterocycles. The van der Waals surface area contributed by atoms with E-state index in [0.717, 1.165) is 23.2 Å². The van der Waals surface area contributed by atoms with Gasteiger partial charge in [0.25, 0.3) is 0 Å². The molecule has 2 heterocycles. The number of nitrogens with two attached hydrogens (primary N) is 1. The van der Waals surface area contributed by atoms with Crippen LogP contribution in [0.3, 0.4) is 0 Å². The summed E-state index contributed by atoms with van der Waals surface area (Å²) in [5.74, 6) is -0.255. The van der Waals surface area contributed by atoms with Crippen molar-refractivity contribution in [2.75, 3.05) is 0 Å². The molecule has 1 aliphatic rings. The fourth-order valence-electron chi connectivity index (χ4n) is 2.79. The molecule has 0 bridgehead atoms. The molecule has 5 heteroatoms. The molecule has 3 rings (SSSR count). The summed E-state index contributed by atoms with van der Waals surface area (Å²) in [5.41, 5.74) is 9.02. The second-order valence-electron chi connectivity index (χ2n) is 5.26. The number of benzene rings is 1. The molecule has 20 heavy (non-hydrogen) atoms. The number of rotatable bonds is 2. The number of imidazole rings is 1. The normalized spacial score (nSPS) is 17.8. The molecular weight excluding hydrogens is 254 g/mol. The predicted molar refractivity (Wildman–Crippen MR) is 75.7 cm³/mol. The number of fused-ring (bicyclic) bond motifs is 1. The van der Waals surface area contributed by atoms with E-state index in [4.69, 9.17) is 5.73 Å². The van der Waals surface area contributed by atoms with Gasteiger partial charge >= 0.3 is 5.97 Å². The van der Waals surface area contributed by atoms with Crippen LogP contribution in [-0.4, -0.2) is 26.7 Å². The fourth-order valence-corrected chi connectivity index (χ4v) is 2.79. The van der Waals surface area contributed by atoms with E-state index in [1.165, 1.54) is 0 Å². The van der Waals surface area contributed by atoms with Gasteiger partial charge in [0.05, 0.1) is 5.69 Å². The molecule has 5 nitrogen and oxygen atoms in total. The van der Waals surface area contributed by atoms with Gasteiger partial charge in [-0.3, -0.25) is 0 Å². The molecule has 0 fully saturated rings. The van der Waals surface area contributed by atoms with Crippen LogP contribution < -0.4 is 5.73 Å². The summed E-state index contributed by atoms with van der Waals surface area (Å²) in [5, 5.41) is 9.33. The molecule has 0 amide bonds. The maximum Gasteiger partial charge on any atom is 0.356 e. The minimum atomic E-state index is -0.968. The van der Waals surface area contributed by atoms with E-state index in [2.05, 4.69) is 4.98 Å². The average molecular weight is 271 g/mol. The molecule has 1 aromatic carbocycles. The number of carboxylic acids is 1. The summed E-state index contributed by atoms with van der Waals surface area (Å²) < 4.78 is 1.97. The minimum absolute atomic E-state index is 0.0566. The number of carboxylic acid groups (broad SMARTS) is 1. The summed E-state index contributed by atoms with van der Waals surface area (Å²) in [4.78, 5) is 15.7. The molecule has 0 radical (unpaired) electrons. The van der Waals surface area contributed by atoms with Crippen molar-refractivity contribution >= 4 is 5.97 Å². The molecule has 0 spiro atoms. The third-order valence-corrected chi connectivity index (χ3v) is 3.83. The summed E-state index contributed by atoms with van der Waals surface area (Å²) in [6, 6.07) is 7.92. The van der Waals surface area contributed by atoms with Crippen LogP contribution in [-0.2, 0) is 13.0 Å². The lowest BCUT2D eigenvalue weighted by molar-refractivity contribution is 0.0689. The first-order valence-electron chi connectivity index (χ1n) is 6.72. The Balaban J connectivity index is 2.21. The van der Waals surface area contributed by atoms with Crippen LogP contribution in [0.2, 0.25) is 0 Å². The highest BCUT2D eigenvalue weighted by Crippen LogP contribution is 2.29. The van der Waals surface area contributed by atoms with E-state index >= 15 is 0 Å². The van der Waals surface area contributed by atoms with Crippen LogP contribution in [0.4, 0.5) is 0 Å². The molecule has 1 aromatic heterocycles. The highest BCUT2D eigenvalue weighted by Gasteiger charge is 2.27. The largest absolute Gasteiger partial charge is 0.476 e. The Bertz CT molecular complexity index is 676. The van der Waals surface area contributed by atoms with Crippen molar-refractivity contribution in [2.24, 2.45) is 5.73 Å². The van der Waals surface area contributed by atoms with Gasteiger partial charge in [-0.25, -0.2) is 9.78 Å². The first kappa shape index (κ1) is 12.9. The Labute approximate surface area is 117 Å². The Morgan fingerprint density at radius 1 is 1.45 bits per heavy atom. The summed E-state index contributed by atoms with van der Waals surface area (Å²) in [6.07, 6.45) is 1.47. The standard InChI is InChI=1S/C15H17N3O2/c1-9-4-2-3-5-11(9)14-17-13(15(19)20)12-7-6-10(16)8-18(12)14/h2-5,10H,6-8,16H2,1H3,(H,19,20). The van der Waals surface area contributed by atoms with Crippen molar-refractivity contribution in [3.05, 3.63) is 41.2 Å². The van der Waals surface area contributed by atoms with Crippen LogP contribution in [0.5, 0.6) is 0 Å². The SMILES string of the molecule is Cc1ccccc1-c1nc(C(=O)O)c2n1CC(N)CC2. The fraction of sp³-hybridized carbons (Fsp3) is 0.333. The topological polar surface area (TPSA) is 81.1 Å². The van der Waals surface area contributed by atoms with Gasteiger partial charge in [0, 0.05) is 18.2 Å². The number of hydrogen-bond donors (Lipinski definition) is 2. The minimum Gasteiger partial charge on any atom is -0.476 e. The highest BCUT2D eigenvalue weighted by atomic mass is 16.4. The molecular formula is C15H17N3O2. The van der Waals surface area contributed by atoms with Crippen LogP contribution in [0, 0.1) is 6.92 Å². The van der Waals surface area contributed by atoms with Gasteiger partial charge in [0.1, 0.15) is 5.82 Å². The quantitative estimate of drug-likeness (QED) is 0.873. The van der Waals surface area contributed by atoms with E-state index in [9.17, 15) is 9.90 Å². The zero-order chi connectivity index (χ0) is 14.3. The molecule has 1 atom stereocenters. The van der Waals surface area contributed by atoms with Crippen molar-refractivity contribution in [3.8, 4) is 11.4 Å². The van der Waals surface area contributed by atoms with Crippen molar-refractivity contribution in [1.82, 2.24) is 9.55 Å². The van der Waals surface area contributed by atoms with E-state index in [1.54, 1.807) is 0 Å². The molecule has 2 aromatic rings. The van der Waals surface area contributed by atoms with Crippen molar-refractivity contribution < 1.29 is 9.90 Å². The lowest BCUT2D eigenvalue weighted by Gasteiger charge is -2.23.